The van der Waals surface area contributed by atoms with Crippen molar-refractivity contribution in [3.63, 3.8) is 0 Å². The molecule has 2 saturated heterocycles. The van der Waals surface area contributed by atoms with E-state index >= 15 is 0 Å². The Labute approximate surface area is 200 Å². The highest BCUT2D eigenvalue weighted by Crippen LogP contribution is 2.55. The standard InChI is InChI=1S/C23H35O10P/c1-13(2)27-16-17-19(30-22(3,4)28-17)21(20-18(16)29-23(5,6)31-20)33-34(25,26-7)32-15-10-8-14(12-24)9-11-15/h8-11,13,16-21,24H,12H2,1-7H3/t16-,17-,18+,19-,20-,21-,34?/m1/s1. The molecule has 192 valence electrons. The fraction of sp³-hybridized carbons (Fsp3) is 0.739. The lowest BCUT2D eigenvalue weighted by atomic mass is 9.85. The number of ether oxygens (including phenoxy) is 5. The van der Waals surface area contributed by atoms with Gasteiger partial charge in [0.05, 0.1) is 12.7 Å². The Kier molecular flexibility index (Phi) is 7.21. The van der Waals surface area contributed by atoms with Gasteiger partial charge in [-0.1, -0.05) is 12.1 Å². The van der Waals surface area contributed by atoms with E-state index in [1.165, 1.54) is 7.11 Å². The number of benzene rings is 1. The van der Waals surface area contributed by atoms with Crippen molar-refractivity contribution >= 4 is 7.82 Å². The van der Waals surface area contributed by atoms with E-state index in [9.17, 15) is 9.67 Å². The average molecular weight is 502 g/mol. The van der Waals surface area contributed by atoms with Crippen LogP contribution in [0.4, 0.5) is 0 Å². The Hall–Kier alpha value is -1.07. The third kappa shape index (κ3) is 5.36. The average Bonchev–Trinajstić information content (AvgIpc) is 3.25. The Balaban J connectivity index is 1.65. The third-order valence-electron chi connectivity index (χ3n) is 5.85. The maximum Gasteiger partial charge on any atom is 0.530 e. The molecule has 0 bridgehead atoms. The number of hydrogen-bond acceptors (Lipinski definition) is 10. The summed E-state index contributed by atoms with van der Waals surface area (Å²) in [5.41, 5.74) is 0.687. The molecule has 0 amide bonds. The molecule has 2 heterocycles. The summed E-state index contributed by atoms with van der Waals surface area (Å²) in [4.78, 5) is 0. The molecule has 1 saturated carbocycles. The second-order valence-electron chi connectivity index (χ2n) is 9.87. The maximum atomic E-state index is 13.6. The summed E-state index contributed by atoms with van der Waals surface area (Å²) in [6.45, 7) is 10.9. The first-order chi connectivity index (χ1) is 15.9. The lowest BCUT2D eigenvalue weighted by Crippen LogP contribution is -2.63. The first-order valence-corrected chi connectivity index (χ1v) is 12.9. The van der Waals surface area contributed by atoms with Gasteiger partial charge in [0.1, 0.15) is 42.4 Å². The van der Waals surface area contributed by atoms with Crippen molar-refractivity contribution in [2.24, 2.45) is 0 Å². The van der Waals surface area contributed by atoms with Crippen molar-refractivity contribution in [2.45, 2.75) is 102 Å². The summed E-state index contributed by atoms with van der Waals surface area (Å²) in [6, 6.07) is 6.47. The van der Waals surface area contributed by atoms with E-state index in [1.807, 2.05) is 13.8 Å². The van der Waals surface area contributed by atoms with Gasteiger partial charge >= 0.3 is 7.82 Å². The van der Waals surface area contributed by atoms with Gasteiger partial charge < -0.3 is 33.3 Å². The van der Waals surface area contributed by atoms with E-state index in [0.29, 0.717) is 5.56 Å². The van der Waals surface area contributed by atoms with Crippen molar-refractivity contribution in [1.29, 1.82) is 0 Å². The SMILES string of the molecule is COP(=O)(Oc1ccc(CO)cc1)O[C@@H]1[C@@H]2OC(C)(C)O[C@@H]2[C@@H](OC(C)C)[C@@H]2OC(C)(C)O[C@H]21. The highest BCUT2D eigenvalue weighted by Gasteiger charge is 2.65. The molecule has 0 aromatic heterocycles. The van der Waals surface area contributed by atoms with Gasteiger partial charge in [0.15, 0.2) is 11.6 Å². The molecule has 10 nitrogen and oxygen atoms in total. The van der Waals surface area contributed by atoms with Crippen LogP contribution in [0.15, 0.2) is 24.3 Å². The van der Waals surface area contributed by atoms with Crippen LogP contribution in [0, 0.1) is 0 Å². The summed E-state index contributed by atoms with van der Waals surface area (Å²) in [5.74, 6) is -1.59. The highest BCUT2D eigenvalue weighted by molar-refractivity contribution is 7.48. The van der Waals surface area contributed by atoms with Crippen LogP contribution in [0.1, 0.15) is 47.1 Å². The minimum absolute atomic E-state index is 0.0984. The van der Waals surface area contributed by atoms with Crippen LogP contribution in [0.25, 0.3) is 0 Å². The Morgan fingerprint density at radius 2 is 1.38 bits per heavy atom. The van der Waals surface area contributed by atoms with E-state index in [2.05, 4.69) is 0 Å². The molecule has 0 radical (unpaired) electrons. The van der Waals surface area contributed by atoms with Crippen molar-refractivity contribution in [2.75, 3.05) is 7.11 Å². The quantitative estimate of drug-likeness (QED) is 0.530. The second kappa shape index (κ2) is 9.42. The van der Waals surface area contributed by atoms with Crippen molar-refractivity contribution < 1.29 is 46.9 Å². The van der Waals surface area contributed by atoms with Gasteiger partial charge in [0.25, 0.3) is 0 Å². The topological polar surface area (TPSA) is 111 Å². The van der Waals surface area contributed by atoms with E-state index < -0.39 is 56.0 Å². The van der Waals surface area contributed by atoms with Crippen LogP contribution >= 0.6 is 7.82 Å². The number of phosphoric acid groups is 1. The molecule has 1 aliphatic carbocycles. The molecule has 34 heavy (non-hydrogen) atoms. The fourth-order valence-corrected chi connectivity index (χ4v) is 5.77. The molecule has 3 aliphatic rings. The largest absolute Gasteiger partial charge is 0.530 e. The molecular weight excluding hydrogens is 467 g/mol. The van der Waals surface area contributed by atoms with Crippen LogP contribution < -0.4 is 4.52 Å². The smallest absolute Gasteiger partial charge is 0.404 e. The zero-order valence-corrected chi connectivity index (χ0v) is 21.5. The minimum atomic E-state index is -4.12. The Morgan fingerprint density at radius 3 is 1.79 bits per heavy atom. The molecule has 1 aromatic carbocycles. The van der Waals surface area contributed by atoms with Gasteiger partial charge in [-0.15, -0.1) is 0 Å². The predicted octanol–water partition coefficient (Wildman–Crippen LogP) is 3.54. The van der Waals surface area contributed by atoms with Crippen LogP contribution in [0.3, 0.4) is 0 Å². The van der Waals surface area contributed by atoms with Gasteiger partial charge in [0.2, 0.25) is 0 Å². The summed E-state index contributed by atoms with van der Waals surface area (Å²) in [5, 5.41) is 9.25. The third-order valence-corrected chi connectivity index (χ3v) is 7.23. The van der Waals surface area contributed by atoms with Gasteiger partial charge in [-0.25, -0.2) is 4.57 Å². The summed E-state index contributed by atoms with van der Waals surface area (Å²) >= 11 is 0. The summed E-state index contributed by atoms with van der Waals surface area (Å²) in [6.07, 6.45) is -3.97. The number of hydrogen-bond donors (Lipinski definition) is 1. The number of fused-ring (bicyclic) bond motifs is 2. The summed E-state index contributed by atoms with van der Waals surface area (Å²) in [7, 11) is -2.87. The molecule has 1 unspecified atom stereocenters. The predicted molar refractivity (Wildman–Crippen MR) is 120 cm³/mol. The van der Waals surface area contributed by atoms with E-state index in [0.717, 1.165) is 0 Å². The van der Waals surface area contributed by atoms with Crippen LogP contribution in [-0.2, 0) is 43.9 Å². The van der Waals surface area contributed by atoms with Gasteiger partial charge in [-0.05, 0) is 59.2 Å². The molecule has 3 fully saturated rings. The van der Waals surface area contributed by atoms with E-state index in [4.69, 9.17) is 37.3 Å². The van der Waals surface area contributed by atoms with Crippen LogP contribution in [-0.4, -0.2) is 66.5 Å². The molecule has 1 aromatic rings. The molecule has 2 aliphatic heterocycles. The number of aliphatic hydroxyl groups is 1. The molecule has 0 spiro atoms. The van der Waals surface area contributed by atoms with Gasteiger partial charge in [0, 0.05) is 7.11 Å². The van der Waals surface area contributed by atoms with Crippen molar-refractivity contribution in [1.82, 2.24) is 0 Å². The second-order valence-corrected chi connectivity index (χ2v) is 11.5. The highest BCUT2D eigenvalue weighted by atomic mass is 31.2. The van der Waals surface area contributed by atoms with Crippen molar-refractivity contribution in [3.8, 4) is 5.75 Å². The lowest BCUT2D eigenvalue weighted by molar-refractivity contribution is -0.195. The lowest BCUT2D eigenvalue weighted by Gasteiger charge is -2.43. The normalized spacial score (nSPS) is 35.6. The van der Waals surface area contributed by atoms with Gasteiger partial charge in [-0.3, -0.25) is 9.05 Å². The molecular formula is C23H35O10P. The molecule has 11 heteroatoms. The van der Waals surface area contributed by atoms with E-state index in [-0.39, 0.29) is 18.5 Å². The fourth-order valence-electron chi connectivity index (χ4n) is 4.65. The van der Waals surface area contributed by atoms with Crippen molar-refractivity contribution in [3.05, 3.63) is 29.8 Å². The van der Waals surface area contributed by atoms with E-state index in [1.54, 1.807) is 52.0 Å². The molecule has 4 rings (SSSR count). The van der Waals surface area contributed by atoms with Gasteiger partial charge in [-0.2, -0.15) is 0 Å². The first kappa shape index (κ1) is 26.0. The molecule has 1 N–H and O–H groups in total. The Morgan fingerprint density at radius 1 is 0.912 bits per heavy atom. The molecule has 7 atom stereocenters. The van der Waals surface area contributed by atoms with Crippen LogP contribution in [0.5, 0.6) is 5.75 Å². The number of aliphatic hydroxyl groups excluding tert-OH is 1. The number of rotatable bonds is 8. The number of phosphoric ester groups is 1. The maximum absolute atomic E-state index is 13.6. The Bertz CT molecular complexity index is 870. The zero-order valence-electron chi connectivity index (χ0n) is 20.6. The zero-order chi connectivity index (χ0) is 24.9. The summed E-state index contributed by atoms with van der Waals surface area (Å²) < 4.78 is 61.6. The monoisotopic (exact) mass is 502 g/mol. The van der Waals surface area contributed by atoms with Crippen LogP contribution in [0.2, 0.25) is 0 Å². The minimum Gasteiger partial charge on any atom is -0.404 e. The first-order valence-electron chi connectivity index (χ1n) is 11.5.